The molecule has 1 aliphatic rings. The molecule has 150 valence electrons. The van der Waals surface area contributed by atoms with E-state index in [0.717, 1.165) is 22.9 Å². The molecule has 1 aliphatic heterocycles. The van der Waals surface area contributed by atoms with Crippen LogP contribution in [0.4, 0.5) is 10.1 Å². The van der Waals surface area contributed by atoms with Crippen molar-refractivity contribution in [1.29, 1.82) is 0 Å². The van der Waals surface area contributed by atoms with Gasteiger partial charge in [-0.05, 0) is 41.1 Å². The molecule has 1 heterocycles. The predicted octanol–water partition coefficient (Wildman–Crippen LogP) is 3.25. The van der Waals surface area contributed by atoms with Crippen molar-refractivity contribution in [3.8, 4) is 0 Å². The van der Waals surface area contributed by atoms with Gasteiger partial charge in [-0.15, -0.1) is 0 Å². The Morgan fingerprint density at radius 2 is 1.69 bits per heavy atom. The number of carbonyl (C=O) groups is 1. The highest BCUT2D eigenvalue weighted by Gasteiger charge is 2.28. The Morgan fingerprint density at radius 3 is 2.45 bits per heavy atom. The summed E-state index contributed by atoms with van der Waals surface area (Å²) in [4.78, 5) is 12.5. The van der Waals surface area contributed by atoms with E-state index >= 15 is 0 Å². The second-order valence-electron chi connectivity index (χ2n) is 6.67. The lowest BCUT2D eigenvalue weighted by molar-refractivity contribution is 0.0730. The average Bonchev–Trinajstić information content (AvgIpc) is 2.74. The number of benzene rings is 3. The molecule has 0 aromatic heterocycles. The molecule has 0 aliphatic carbocycles. The maximum absolute atomic E-state index is 14.3. The van der Waals surface area contributed by atoms with Gasteiger partial charge in [-0.1, -0.05) is 30.3 Å². The smallest absolute Gasteiger partial charge is 0.258 e. The summed E-state index contributed by atoms with van der Waals surface area (Å²) in [5.74, 6) is -1.50. The van der Waals surface area contributed by atoms with Crippen LogP contribution in [0.15, 0.2) is 65.6 Å². The number of rotatable bonds is 4. The molecule has 1 saturated heterocycles. The maximum Gasteiger partial charge on any atom is 0.258 e. The Kier molecular flexibility index (Phi) is 5.31. The van der Waals surface area contributed by atoms with Crippen molar-refractivity contribution < 1.29 is 22.3 Å². The van der Waals surface area contributed by atoms with Gasteiger partial charge in [0.2, 0.25) is 10.0 Å². The molecule has 1 fully saturated rings. The van der Waals surface area contributed by atoms with Crippen LogP contribution < -0.4 is 5.32 Å². The van der Waals surface area contributed by atoms with Crippen LogP contribution >= 0.6 is 0 Å². The number of anilines is 1. The first-order valence-corrected chi connectivity index (χ1v) is 10.6. The van der Waals surface area contributed by atoms with Gasteiger partial charge in [-0.2, -0.15) is 4.31 Å². The lowest BCUT2D eigenvalue weighted by atomic mass is 10.1. The van der Waals surface area contributed by atoms with Crippen LogP contribution in [0.1, 0.15) is 10.4 Å². The third kappa shape index (κ3) is 4.00. The number of nitrogens with zero attached hydrogens (tertiary/aromatic N) is 1. The minimum absolute atomic E-state index is 0.121. The summed E-state index contributed by atoms with van der Waals surface area (Å²) in [5.41, 5.74) is 0.169. The molecule has 3 aromatic carbocycles. The van der Waals surface area contributed by atoms with Crippen molar-refractivity contribution in [2.24, 2.45) is 0 Å². The maximum atomic E-state index is 14.3. The van der Waals surface area contributed by atoms with E-state index in [1.807, 2.05) is 30.3 Å². The van der Waals surface area contributed by atoms with E-state index in [0.29, 0.717) is 18.9 Å². The summed E-state index contributed by atoms with van der Waals surface area (Å²) in [6.45, 7) is 1.04. The highest BCUT2D eigenvalue weighted by Crippen LogP contribution is 2.23. The van der Waals surface area contributed by atoms with Crippen LogP contribution in [0.25, 0.3) is 10.8 Å². The van der Waals surface area contributed by atoms with E-state index in [9.17, 15) is 17.6 Å². The number of fused-ring (bicyclic) bond motifs is 1. The fourth-order valence-electron chi connectivity index (χ4n) is 3.24. The normalized spacial score (nSPS) is 15.3. The number of hydrogen-bond acceptors (Lipinski definition) is 4. The van der Waals surface area contributed by atoms with E-state index in [-0.39, 0.29) is 23.5 Å². The highest BCUT2D eigenvalue weighted by atomic mass is 32.2. The topological polar surface area (TPSA) is 75.7 Å². The van der Waals surface area contributed by atoms with Crippen molar-refractivity contribution >= 4 is 32.4 Å². The Labute approximate surface area is 168 Å². The van der Waals surface area contributed by atoms with Gasteiger partial charge in [0.15, 0.2) is 0 Å². The summed E-state index contributed by atoms with van der Waals surface area (Å²) < 4.78 is 46.4. The summed E-state index contributed by atoms with van der Waals surface area (Å²) in [7, 11) is -3.83. The van der Waals surface area contributed by atoms with E-state index in [1.165, 1.54) is 10.4 Å². The van der Waals surface area contributed by atoms with Crippen LogP contribution in [0.3, 0.4) is 0 Å². The van der Waals surface area contributed by atoms with Crippen LogP contribution in [0.2, 0.25) is 0 Å². The quantitative estimate of drug-likeness (QED) is 0.711. The molecule has 0 unspecified atom stereocenters. The van der Waals surface area contributed by atoms with Gasteiger partial charge in [-0.3, -0.25) is 4.79 Å². The van der Waals surface area contributed by atoms with Gasteiger partial charge in [0.1, 0.15) is 5.82 Å². The van der Waals surface area contributed by atoms with Crippen molar-refractivity contribution in [1.82, 2.24) is 4.31 Å². The van der Waals surface area contributed by atoms with E-state index in [4.69, 9.17) is 4.74 Å². The highest BCUT2D eigenvalue weighted by molar-refractivity contribution is 7.89. The minimum Gasteiger partial charge on any atom is -0.379 e. The van der Waals surface area contributed by atoms with Gasteiger partial charge >= 0.3 is 0 Å². The van der Waals surface area contributed by atoms with Crippen LogP contribution in [-0.2, 0) is 14.8 Å². The third-order valence-corrected chi connectivity index (χ3v) is 6.69. The van der Waals surface area contributed by atoms with E-state index < -0.39 is 21.7 Å². The second-order valence-corrected chi connectivity index (χ2v) is 8.61. The molecule has 0 spiro atoms. The summed E-state index contributed by atoms with van der Waals surface area (Å²) in [6.07, 6.45) is 0. The fraction of sp³-hybridized carbons (Fsp3) is 0.190. The second kappa shape index (κ2) is 7.90. The Balaban J connectivity index is 1.61. The number of ether oxygens (including phenoxy) is 1. The zero-order valence-corrected chi connectivity index (χ0v) is 16.3. The molecule has 6 nitrogen and oxygen atoms in total. The first-order chi connectivity index (χ1) is 13.9. The van der Waals surface area contributed by atoms with Gasteiger partial charge in [0.05, 0.1) is 23.7 Å². The molecular formula is C21H19FN2O4S. The molecule has 1 amide bonds. The Bertz CT molecular complexity index is 1170. The summed E-state index contributed by atoms with van der Waals surface area (Å²) in [5, 5.41) is 4.58. The van der Waals surface area contributed by atoms with Gasteiger partial charge < -0.3 is 10.1 Å². The van der Waals surface area contributed by atoms with Crippen LogP contribution in [-0.4, -0.2) is 44.9 Å². The number of nitrogens with one attached hydrogen (secondary N) is 1. The molecule has 0 atom stereocenters. The van der Waals surface area contributed by atoms with Crippen molar-refractivity contribution in [2.75, 3.05) is 31.6 Å². The number of amides is 1. The molecule has 0 bridgehead atoms. The number of carbonyl (C=O) groups excluding carboxylic acids is 1. The van der Waals surface area contributed by atoms with Gasteiger partial charge in [0, 0.05) is 18.8 Å². The minimum atomic E-state index is -3.83. The summed E-state index contributed by atoms with van der Waals surface area (Å²) in [6, 6.07) is 16.2. The number of halogens is 1. The number of hydrogen-bond donors (Lipinski definition) is 1. The Hall–Kier alpha value is -2.81. The van der Waals surface area contributed by atoms with E-state index in [2.05, 4.69) is 5.32 Å². The molecule has 0 saturated carbocycles. The van der Waals surface area contributed by atoms with Crippen LogP contribution in [0, 0.1) is 5.82 Å². The molecule has 3 aromatic rings. The zero-order chi connectivity index (χ0) is 20.4. The third-order valence-electron chi connectivity index (χ3n) is 4.80. The van der Waals surface area contributed by atoms with Crippen LogP contribution in [0.5, 0.6) is 0 Å². The number of sulfonamides is 1. The lowest BCUT2D eigenvalue weighted by Crippen LogP contribution is -2.40. The Morgan fingerprint density at radius 1 is 0.966 bits per heavy atom. The monoisotopic (exact) mass is 414 g/mol. The molecule has 8 heteroatoms. The SMILES string of the molecule is O=C(Nc1ccc2ccccc2c1)c1cc(S(=O)(=O)N2CCOCC2)ccc1F. The molecule has 0 radical (unpaired) electrons. The van der Waals surface area contributed by atoms with Crippen molar-refractivity contribution in [2.45, 2.75) is 4.90 Å². The first-order valence-electron chi connectivity index (χ1n) is 9.13. The first kappa shape index (κ1) is 19.5. The molecule has 4 rings (SSSR count). The fourth-order valence-corrected chi connectivity index (χ4v) is 4.68. The van der Waals surface area contributed by atoms with Crippen molar-refractivity contribution in [3.05, 3.63) is 72.0 Å². The van der Waals surface area contributed by atoms with E-state index in [1.54, 1.807) is 12.1 Å². The molecule has 29 heavy (non-hydrogen) atoms. The molecular weight excluding hydrogens is 395 g/mol. The largest absolute Gasteiger partial charge is 0.379 e. The number of morpholine rings is 1. The standard InChI is InChI=1S/C21H19FN2O4S/c22-20-8-7-18(29(26,27)24-9-11-28-12-10-24)14-19(20)21(25)23-17-6-5-15-3-1-2-4-16(15)13-17/h1-8,13-14H,9-12H2,(H,23,25). The zero-order valence-electron chi connectivity index (χ0n) is 15.5. The summed E-state index contributed by atoms with van der Waals surface area (Å²) >= 11 is 0. The molecule has 1 N–H and O–H groups in total. The average molecular weight is 414 g/mol. The lowest BCUT2D eigenvalue weighted by Gasteiger charge is -2.26. The predicted molar refractivity (Wildman–Crippen MR) is 108 cm³/mol. The van der Waals surface area contributed by atoms with Crippen molar-refractivity contribution in [3.63, 3.8) is 0 Å². The van der Waals surface area contributed by atoms with Gasteiger partial charge in [0.25, 0.3) is 5.91 Å². The van der Waals surface area contributed by atoms with Gasteiger partial charge in [-0.25, -0.2) is 12.8 Å².